The van der Waals surface area contributed by atoms with Crippen LogP contribution in [0.2, 0.25) is 0 Å². The van der Waals surface area contributed by atoms with Gasteiger partial charge in [-0.2, -0.15) is 4.98 Å². The van der Waals surface area contributed by atoms with Crippen LogP contribution in [0.4, 0.5) is 0 Å². The van der Waals surface area contributed by atoms with Gasteiger partial charge >= 0.3 is 6.01 Å². The molecule has 43 heavy (non-hydrogen) atoms. The van der Waals surface area contributed by atoms with Gasteiger partial charge in [0.05, 0.1) is 6.61 Å². The Balaban J connectivity index is 1.28. The molecule has 0 aliphatic carbocycles. The van der Waals surface area contributed by atoms with Crippen molar-refractivity contribution in [2.24, 2.45) is 0 Å². The van der Waals surface area contributed by atoms with Crippen LogP contribution in [0.25, 0.3) is 0 Å². The van der Waals surface area contributed by atoms with Crippen LogP contribution >= 0.6 is 12.2 Å². The Morgan fingerprint density at radius 3 is 2.12 bits per heavy atom. The molecule has 0 amide bonds. The van der Waals surface area contributed by atoms with Gasteiger partial charge in [0.15, 0.2) is 18.4 Å². The van der Waals surface area contributed by atoms with Crippen molar-refractivity contribution < 1.29 is 18.9 Å². The lowest BCUT2D eigenvalue weighted by Gasteiger charge is -2.37. The number of imidazole rings is 1. The van der Waals surface area contributed by atoms with E-state index in [-0.39, 0.29) is 23.4 Å². The second-order valence-corrected chi connectivity index (χ2v) is 10.8. The molecular formula is C33H28N4O5S. The van der Waals surface area contributed by atoms with Gasteiger partial charge in [-0.1, -0.05) is 91.0 Å². The van der Waals surface area contributed by atoms with Crippen molar-refractivity contribution in [1.29, 1.82) is 0 Å². The van der Waals surface area contributed by atoms with Gasteiger partial charge in [0.25, 0.3) is 10.7 Å². The van der Waals surface area contributed by atoms with Gasteiger partial charge in [-0.25, -0.2) is 4.98 Å². The first-order chi connectivity index (χ1) is 21.0. The third-order valence-corrected chi connectivity index (χ3v) is 8.15. The largest absolute Gasteiger partial charge is 0.460 e. The predicted molar refractivity (Wildman–Crippen MR) is 162 cm³/mol. The third-order valence-electron chi connectivity index (χ3n) is 7.85. The molecule has 2 aliphatic heterocycles. The van der Waals surface area contributed by atoms with E-state index >= 15 is 0 Å². The third kappa shape index (κ3) is 4.83. The minimum atomic E-state index is -0.957. The van der Waals surface area contributed by atoms with Crippen molar-refractivity contribution in [1.82, 2.24) is 19.1 Å². The van der Waals surface area contributed by atoms with Crippen molar-refractivity contribution in [2.45, 2.75) is 37.1 Å². The normalized spacial score (nSPS) is 20.7. The summed E-state index contributed by atoms with van der Waals surface area (Å²) in [5.74, 6) is 0. The average Bonchev–Trinajstić information content (AvgIpc) is 3.78. The molecule has 4 atom stereocenters. The number of aromatic nitrogens is 4. The van der Waals surface area contributed by atoms with Crippen molar-refractivity contribution >= 4 is 17.4 Å². The van der Waals surface area contributed by atoms with E-state index in [1.54, 1.807) is 41.0 Å². The number of hydrogen-bond donors (Lipinski definition) is 0. The Morgan fingerprint density at radius 2 is 1.56 bits per heavy atom. The van der Waals surface area contributed by atoms with Crippen LogP contribution in [-0.2, 0) is 19.8 Å². The van der Waals surface area contributed by atoms with Crippen LogP contribution in [0, 0.1) is 6.92 Å². The first-order valence-electron chi connectivity index (χ1n) is 14.0. The highest BCUT2D eigenvalue weighted by Gasteiger charge is 2.54. The molecule has 0 spiro atoms. The molecule has 7 rings (SSSR count). The van der Waals surface area contributed by atoms with Gasteiger partial charge in [0.2, 0.25) is 0 Å². The van der Waals surface area contributed by atoms with E-state index in [9.17, 15) is 4.79 Å². The molecular weight excluding hydrogens is 564 g/mol. The van der Waals surface area contributed by atoms with Crippen LogP contribution in [0.3, 0.4) is 0 Å². The molecule has 2 aromatic heterocycles. The number of benzene rings is 3. The minimum absolute atomic E-state index is 0.133. The molecule has 0 radical (unpaired) electrons. The second-order valence-electron chi connectivity index (χ2n) is 10.5. The summed E-state index contributed by atoms with van der Waals surface area (Å²) < 4.78 is 29.6. The fourth-order valence-electron chi connectivity index (χ4n) is 5.80. The molecule has 4 unspecified atom stereocenters. The highest BCUT2D eigenvalue weighted by Crippen LogP contribution is 2.44. The van der Waals surface area contributed by atoms with Gasteiger partial charge in [-0.3, -0.25) is 13.9 Å². The maximum atomic E-state index is 12.3. The summed E-state index contributed by atoms with van der Waals surface area (Å²) in [6.45, 7) is 1.84. The van der Waals surface area contributed by atoms with E-state index in [1.807, 2.05) is 54.6 Å². The van der Waals surface area contributed by atoms with Crippen molar-refractivity contribution in [3.05, 3.63) is 149 Å². The monoisotopic (exact) mass is 592 g/mol. The lowest BCUT2D eigenvalue weighted by molar-refractivity contribution is -0.0918. The lowest BCUT2D eigenvalue weighted by Crippen LogP contribution is -2.43. The zero-order valence-corrected chi connectivity index (χ0v) is 24.0. The fourth-order valence-corrected chi connectivity index (χ4v) is 6.02. The molecule has 10 heteroatoms. The number of thiocarbonyl (C=S) groups is 1. The van der Waals surface area contributed by atoms with E-state index in [0.717, 1.165) is 16.7 Å². The number of hydrogen-bond acceptors (Lipinski definition) is 8. The van der Waals surface area contributed by atoms with E-state index < -0.39 is 30.1 Å². The Hall–Kier alpha value is -4.64. The Morgan fingerprint density at radius 1 is 0.953 bits per heavy atom. The second kappa shape index (κ2) is 11.2. The lowest BCUT2D eigenvalue weighted by atomic mass is 9.80. The highest BCUT2D eigenvalue weighted by atomic mass is 32.1. The minimum Gasteiger partial charge on any atom is -0.460 e. The molecule has 0 bridgehead atoms. The zero-order chi connectivity index (χ0) is 29.4. The van der Waals surface area contributed by atoms with Crippen molar-refractivity contribution in [3.63, 3.8) is 0 Å². The van der Waals surface area contributed by atoms with Gasteiger partial charge < -0.3 is 18.9 Å². The first kappa shape index (κ1) is 27.2. The standard InChI is InChI=1S/C33H28N4O5S/c1-22-19-37-30-28(41-31(37)35-29(22)38)27(42-32(43)36-18-17-34-21-36)26(40-30)20-39-33(23-11-5-2-6-12-23,24-13-7-3-8-14-24)25-15-9-4-10-16-25/h2-19,21,26-28,30H,20H2,1H3. The summed E-state index contributed by atoms with van der Waals surface area (Å²) in [6.07, 6.45) is 4.11. The van der Waals surface area contributed by atoms with E-state index in [2.05, 4.69) is 46.4 Å². The summed E-state index contributed by atoms with van der Waals surface area (Å²) in [5, 5.41) is 0.190. The van der Waals surface area contributed by atoms with Gasteiger partial charge in [-0.15, -0.1) is 0 Å². The zero-order valence-electron chi connectivity index (χ0n) is 23.2. The maximum Gasteiger partial charge on any atom is 0.302 e. The van der Waals surface area contributed by atoms with E-state index in [0.29, 0.717) is 5.56 Å². The van der Waals surface area contributed by atoms with Crippen molar-refractivity contribution in [3.8, 4) is 6.01 Å². The molecule has 5 aromatic rings. The molecule has 2 aliphatic rings. The number of ether oxygens (including phenoxy) is 4. The smallest absolute Gasteiger partial charge is 0.302 e. The Labute approximate surface area is 253 Å². The Kier molecular flexibility index (Phi) is 7.10. The topological polar surface area (TPSA) is 89.6 Å². The maximum absolute atomic E-state index is 12.3. The molecule has 9 nitrogen and oxygen atoms in total. The van der Waals surface area contributed by atoms with Crippen LogP contribution in [0.5, 0.6) is 6.01 Å². The van der Waals surface area contributed by atoms with Crippen LogP contribution in [0.1, 0.15) is 28.5 Å². The van der Waals surface area contributed by atoms with Crippen LogP contribution < -0.4 is 10.3 Å². The van der Waals surface area contributed by atoms with Crippen LogP contribution in [0.15, 0.2) is 121 Å². The number of nitrogens with zero attached hydrogens (tertiary/aromatic N) is 4. The predicted octanol–water partition coefficient (Wildman–Crippen LogP) is 4.63. The molecule has 3 aromatic carbocycles. The van der Waals surface area contributed by atoms with Gasteiger partial charge in [0.1, 0.15) is 18.0 Å². The molecule has 0 N–H and O–H groups in total. The number of fused-ring (bicyclic) bond motifs is 3. The van der Waals surface area contributed by atoms with Crippen molar-refractivity contribution in [2.75, 3.05) is 6.61 Å². The summed E-state index contributed by atoms with van der Waals surface area (Å²) in [5.41, 5.74) is 2.08. The van der Waals surface area contributed by atoms with Gasteiger partial charge in [-0.05, 0) is 35.8 Å². The average molecular weight is 593 g/mol. The molecule has 216 valence electrons. The molecule has 0 saturated carbocycles. The van der Waals surface area contributed by atoms with Gasteiger partial charge in [0, 0.05) is 24.2 Å². The fraction of sp³-hybridized carbons (Fsp3) is 0.212. The molecule has 1 fully saturated rings. The Bertz CT molecular complexity index is 1680. The van der Waals surface area contributed by atoms with Crippen LogP contribution in [-0.4, -0.2) is 49.2 Å². The summed E-state index contributed by atoms with van der Waals surface area (Å²) in [7, 11) is 0. The summed E-state index contributed by atoms with van der Waals surface area (Å²) in [6, 6.07) is 30.6. The SMILES string of the molecule is Cc1cn2c(nc1=O)OC1C(OC(=S)n3ccnc3)C(COC(c3ccccc3)(c3ccccc3)c3ccccc3)OC12. The molecule has 4 heterocycles. The molecule has 1 saturated heterocycles. The van der Waals surface area contributed by atoms with E-state index in [4.69, 9.17) is 31.2 Å². The quantitative estimate of drug-likeness (QED) is 0.200. The number of aryl methyl sites for hydroxylation is 1. The number of rotatable bonds is 7. The van der Waals surface area contributed by atoms with E-state index in [1.165, 1.54) is 0 Å². The highest BCUT2D eigenvalue weighted by molar-refractivity contribution is 7.80. The first-order valence-corrected chi connectivity index (χ1v) is 14.4. The summed E-state index contributed by atoms with van der Waals surface area (Å²) in [4.78, 5) is 20.4. The summed E-state index contributed by atoms with van der Waals surface area (Å²) >= 11 is 5.62.